The van der Waals surface area contributed by atoms with Crippen molar-refractivity contribution in [3.8, 4) is 28.7 Å². The molecule has 70 heavy (non-hydrogen) atoms. The van der Waals surface area contributed by atoms with Gasteiger partial charge in [0.25, 0.3) is 5.91 Å². The monoisotopic (exact) mass is 979 g/mol. The number of rotatable bonds is 18. The average Bonchev–Trinajstić information content (AvgIpc) is 3.83. The van der Waals surface area contributed by atoms with Crippen molar-refractivity contribution in [2.24, 2.45) is 11.8 Å². The fourth-order valence-electron chi connectivity index (χ4n) is 11.3. The number of benzene rings is 4. The zero-order valence-corrected chi connectivity index (χ0v) is 41.7. The first-order valence-corrected chi connectivity index (χ1v) is 25.7. The molecule has 4 aromatic carbocycles. The summed E-state index contributed by atoms with van der Waals surface area (Å²) in [4.78, 5) is 20.2. The van der Waals surface area contributed by atoms with Crippen molar-refractivity contribution in [2.45, 2.75) is 74.6 Å². The molecule has 15 nitrogen and oxygen atoms in total. The number of amides is 1. The molecule has 1 amide bonds. The summed E-state index contributed by atoms with van der Waals surface area (Å²) in [5, 5.41) is 10.9. The van der Waals surface area contributed by atoms with Crippen LogP contribution in [0.15, 0.2) is 100 Å². The minimum Gasteiger partial charge on any atom is -0.497 e. The van der Waals surface area contributed by atoms with E-state index >= 15 is 4.79 Å². The summed E-state index contributed by atoms with van der Waals surface area (Å²) in [7, 11) is 4.14. The maximum atomic E-state index is 15.5. The van der Waals surface area contributed by atoms with Gasteiger partial charge in [-0.3, -0.25) is 9.69 Å². The molecule has 1 saturated heterocycles. The molecule has 1 N–H and O–H groups in total. The Kier molecular flexibility index (Phi) is 15.0. The number of carbonyl (C=O) groups is 1. The first-order valence-electron chi connectivity index (χ1n) is 24.3. The summed E-state index contributed by atoms with van der Waals surface area (Å²) >= 11 is 0. The Labute approximate surface area is 410 Å². The van der Waals surface area contributed by atoms with Gasteiger partial charge in [-0.25, -0.2) is 8.42 Å². The molecule has 5 aromatic rings. The predicted molar refractivity (Wildman–Crippen MR) is 263 cm³/mol. The maximum absolute atomic E-state index is 15.5. The zero-order chi connectivity index (χ0) is 49.1. The van der Waals surface area contributed by atoms with E-state index in [1.54, 1.807) is 46.8 Å². The van der Waals surface area contributed by atoms with Crippen LogP contribution in [-0.2, 0) is 37.1 Å². The molecule has 6 atom stereocenters. The second kappa shape index (κ2) is 21.3. The highest BCUT2D eigenvalue weighted by Gasteiger charge is 2.44. The molecule has 4 aliphatic rings. The fraction of sp³-hybridized carbons (Fsp3) is 0.463. The Balaban J connectivity index is 1.03. The number of sulfonamides is 1. The van der Waals surface area contributed by atoms with E-state index in [1.807, 2.05) is 41.3 Å². The lowest BCUT2D eigenvalue weighted by Crippen LogP contribution is -2.48. The number of nitrogens with zero attached hydrogens (tertiary/aromatic N) is 3. The molecular formula is C54H65N3O12S. The lowest BCUT2D eigenvalue weighted by molar-refractivity contribution is -0.155. The molecule has 0 aliphatic carbocycles. The molecule has 0 spiro atoms. The van der Waals surface area contributed by atoms with Crippen LogP contribution in [0.2, 0.25) is 0 Å². The van der Waals surface area contributed by atoms with Crippen LogP contribution in [-0.4, -0.2) is 121 Å². The smallest absolute Gasteiger partial charge is 0.289 e. The standard InChI is InChI=1S/C54H65N3O12S/c1-7-34-32-55-18-16-35-26-48(63-3)50(65-5)30-42(35)45(55)24-37(34)25-46-43-31-51(66-6)49(64-4)27-36(43)17-19-57(46)54(59)52-28-38(44-33-68-47-11-9-8-10-41(44)47)29-53(69-52)67-23-21-56(20-22-58)70(60,61)40-14-12-39(62-2)13-15-40/h8-15,26-28,30-31,33-34,37-38,45-46,53,58H,7,16-25,29,32H2,1-6H3. The molecular weight excluding hydrogens is 915 g/mol. The van der Waals surface area contributed by atoms with Gasteiger partial charge in [-0.15, -0.1) is 0 Å². The Hall–Kier alpha value is -5.78. The van der Waals surface area contributed by atoms with Gasteiger partial charge in [-0.2, -0.15) is 4.31 Å². The summed E-state index contributed by atoms with van der Waals surface area (Å²) in [5.41, 5.74) is 6.29. The maximum Gasteiger partial charge on any atom is 0.289 e. The van der Waals surface area contributed by atoms with E-state index in [2.05, 4.69) is 30.0 Å². The first-order chi connectivity index (χ1) is 34.0. The number of furan rings is 1. The van der Waals surface area contributed by atoms with Crippen molar-refractivity contribution in [3.63, 3.8) is 0 Å². The highest BCUT2D eigenvalue weighted by atomic mass is 32.2. The van der Waals surface area contributed by atoms with Crippen LogP contribution in [0, 0.1) is 11.8 Å². The number of piperidine rings is 1. The largest absolute Gasteiger partial charge is 0.497 e. The van der Waals surface area contributed by atoms with Crippen molar-refractivity contribution >= 4 is 26.9 Å². The minimum absolute atomic E-state index is 0.0624. The molecule has 1 aromatic heterocycles. The van der Waals surface area contributed by atoms with Crippen LogP contribution in [0.4, 0.5) is 0 Å². The van der Waals surface area contributed by atoms with Crippen molar-refractivity contribution in [1.29, 1.82) is 0 Å². The lowest BCUT2D eigenvalue weighted by atomic mass is 9.72. The zero-order valence-electron chi connectivity index (χ0n) is 40.9. The summed E-state index contributed by atoms with van der Waals surface area (Å²) in [6.07, 6.45) is 7.19. The fourth-order valence-corrected chi connectivity index (χ4v) is 12.7. The van der Waals surface area contributed by atoms with Gasteiger partial charge in [0.1, 0.15) is 11.3 Å². The van der Waals surface area contributed by atoms with Crippen LogP contribution < -0.4 is 23.7 Å². The van der Waals surface area contributed by atoms with Gasteiger partial charge in [0.05, 0.1) is 66.0 Å². The van der Waals surface area contributed by atoms with Gasteiger partial charge in [-0.1, -0.05) is 31.5 Å². The number of fused-ring (bicyclic) bond motifs is 5. The second-order valence-corrected chi connectivity index (χ2v) is 20.5. The third kappa shape index (κ3) is 9.68. The summed E-state index contributed by atoms with van der Waals surface area (Å²) in [5.74, 6) is 3.43. The van der Waals surface area contributed by atoms with E-state index in [4.69, 9.17) is 37.6 Å². The van der Waals surface area contributed by atoms with Gasteiger partial charge in [0.15, 0.2) is 28.8 Å². The summed E-state index contributed by atoms with van der Waals surface area (Å²) in [6.45, 7) is 3.96. The summed E-state index contributed by atoms with van der Waals surface area (Å²) < 4.78 is 76.2. The Morgan fingerprint density at radius 2 is 1.46 bits per heavy atom. The first kappa shape index (κ1) is 49.2. The number of hydrogen-bond donors (Lipinski definition) is 1. The van der Waals surface area contributed by atoms with Crippen LogP contribution >= 0.6 is 0 Å². The van der Waals surface area contributed by atoms with E-state index in [1.165, 1.54) is 34.7 Å². The SMILES string of the molecule is CCC1CN2CCc3cc(OC)c(OC)cc3C2CC1CC1c2cc(OC)c(OC)cc2CCN1C(=O)C1=CC(c2coc3ccccc23)CC(OCCN(CCO)S(=O)(=O)c2ccc(OC)cc2)O1. The quantitative estimate of drug-likeness (QED) is 0.0900. The Morgan fingerprint density at radius 1 is 0.786 bits per heavy atom. The van der Waals surface area contributed by atoms with E-state index in [-0.39, 0.29) is 66.8 Å². The van der Waals surface area contributed by atoms with Crippen molar-refractivity contribution in [3.05, 3.63) is 119 Å². The number of methoxy groups -OCH3 is 5. The number of aliphatic hydroxyl groups is 1. The number of para-hydroxylation sites is 1. The molecule has 9 rings (SSSR count). The van der Waals surface area contributed by atoms with Crippen LogP contribution in [0.5, 0.6) is 28.7 Å². The third-order valence-electron chi connectivity index (χ3n) is 15.0. The number of carbonyl (C=O) groups excluding carboxylic acids is 1. The van der Waals surface area contributed by atoms with E-state index in [0.29, 0.717) is 49.0 Å². The summed E-state index contributed by atoms with van der Waals surface area (Å²) in [6, 6.07) is 22.1. The Morgan fingerprint density at radius 3 is 2.14 bits per heavy atom. The van der Waals surface area contributed by atoms with Crippen molar-refractivity contribution in [2.75, 3.05) is 81.5 Å². The predicted octanol–water partition coefficient (Wildman–Crippen LogP) is 8.05. The molecule has 5 heterocycles. The molecule has 6 unspecified atom stereocenters. The van der Waals surface area contributed by atoms with Crippen LogP contribution in [0.1, 0.15) is 78.4 Å². The van der Waals surface area contributed by atoms with Crippen LogP contribution in [0.25, 0.3) is 11.0 Å². The van der Waals surface area contributed by atoms with Gasteiger partial charge in [-0.05, 0) is 120 Å². The number of allylic oxidation sites excluding steroid dienone is 1. The van der Waals surface area contributed by atoms with Gasteiger partial charge < -0.3 is 47.6 Å². The second-order valence-electron chi connectivity index (χ2n) is 18.5. The van der Waals surface area contributed by atoms with Crippen molar-refractivity contribution < 1.29 is 55.9 Å². The van der Waals surface area contributed by atoms with Crippen LogP contribution in [0.3, 0.4) is 0 Å². The number of aliphatic hydroxyl groups excluding tert-OH is 1. The van der Waals surface area contributed by atoms with Gasteiger partial charge in [0.2, 0.25) is 16.3 Å². The van der Waals surface area contributed by atoms with Gasteiger partial charge in [0, 0.05) is 62.1 Å². The van der Waals surface area contributed by atoms with Gasteiger partial charge >= 0.3 is 0 Å². The minimum atomic E-state index is -4.00. The van der Waals surface area contributed by atoms with Crippen molar-refractivity contribution in [1.82, 2.24) is 14.1 Å². The average molecular weight is 980 g/mol. The molecule has 1 fully saturated rings. The lowest BCUT2D eigenvalue weighted by Gasteiger charge is -2.49. The molecule has 4 aliphatic heterocycles. The molecule has 0 saturated carbocycles. The molecule has 16 heteroatoms. The van der Waals surface area contributed by atoms with E-state index in [0.717, 1.165) is 71.5 Å². The molecule has 374 valence electrons. The topological polar surface area (TPSA) is 159 Å². The third-order valence-corrected chi connectivity index (χ3v) is 16.9. The highest BCUT2D eigenvalue weighted by Crippen LogP contribution is 2.50. The van der Waals surface area contributed by atoms with E-state index in [9.17, 15) is 13.5 Å². The Bertz CT molecular complexity index is 2790. The van der Waals surface area contributed by atoms with E-state index < -0.39 is 16.3 Å². The molecule has 0 radical (unpaired) electrons. The number of ether oxygens (including phenoxy) is 7. The normalized spacial score (nSPS) is 22.3. The molecule has 0 bridgehead atoms. The number of hydrogen-bond acceptors (Lipinski definition) is 13. The highest BCUT2D eigenvalue weighted by molar-refractivity contribution is 7.89.